The highest BCUT2D eigenvalue weighted by Crippen LogP contribution is 2.38. The highest BCUT2D eigenvalue weighted by molar-refractivity contribution is 9.10. The van der Waals surface area contributed by atoms with Gasteiger partial charge in [-0.05, 0) is 60.9 Å². The summed E-state index contributed by atoms with van der Waals surface area (Å²) in [5, 5.41) is 2.11. The van der Waals surface area contributed by atoms with Crippen molar-refractivity contribution in [3.8, 4) is 0 Å². The average molecular weight is 335 g/mol. The number of carbonyl (C=O) groups is 1. The van der Waals surface area contributed by atoms with E-state index in [0.717, 1.165) is 29.3 Å². The van der Waals surface area contributed by atoms with Crippen LogP contribution in [0.3, 0.4) is 0 Å². The molecule has 3 rings (SSSR count). The van der Waals surface area contributed by atoms with Gasteiger partial charge in [0.1, 0.15) is 0 Å². The Balaban J connectivity index is 1.98. The summed E-state index contributed by atoms with van der Waals surface area (Å²) in [6.45, 7) is 2.04. The van der Waals surface area contributed by atoms with Gasteiger partial charge in [0.05, 0.1) is 0 Å². The van der Waals surface area contributed by atoms with Gasteiger partial charge in [-0.1, -0.05) is 22.0 Å². The van der Waals surface area contributed by atoms with Crippen LogP contribution in [0.4, 0.5) is 0 Å². The largest absolute Gasteiger partial charge is 0.293 e. The average Bonchev–Trinajstić information content (AvgIpc) is 2.86. The van der Waals surface area contributed by atoms with Crippen LogP contribution in [-0.2, 0) is 6.42 Å². The van der Waals surface area contributed by atoms with E-state index in [2.05, 4.69) is 27.4 Å². The Morgan fingerprint density at radius 3 is 3.00 bits per heavy atom. The fourth-order valence-electron chi connectivity index (χ4n) is 2.77. The van der Waals surface area contributed by atoms with Crippen molar-refractivity contribution in [1.82, 2.24) is 0 Å². The van der Waals surface area contributed by atoms with Crippen LogP contribution in [0, 0.1) is 6.92 Å². The molecule has 1 aliphatic carbocycles. The second kappa shape index (κ2) is 5.22. The van der Waals surface area contributed by atoms with Gasteiger partial charge in [0.15, 0.2) is 5.78 Å². The number of ketones is 1. The number of rotatable bonds is 2. The molecule has 19 heavy (non-hydrogen) atoms. The first kappa shape index (κ1) is 13.1. The molecule has 0 bridgehead atoms. The highest BCUT2D eigenvalue weighted by Gasteiger charge is 2.28. The SMILES string of the molecule is Cc1ccc(C(=O)C2CCCc3sccc32)c(Br)c1. The molecular weight excluding hydrogens is 320 g/mol. The highest BCUT2D eigenvalue weighted by atomic mass is 79.9. The standard InChI is InChI=1S/C16H15BrOS/c1-10-5-6-13(14(17)9-10)16(18)12-3-2-4-15-11(12)7-8-19-15/h5-9,12H,2-4H2,1H3. The molecule has 3 heteroatoms. The van der Waals surface area contributed by atoms with Gasteiger partial charge in [0, 0.05) is 20.8 Å². The monoisotopic (exact) mass is 334 g/mol. The Hall–Kier alpha value is -0.930. The molecule has 1 unspecified atom stereocenters. The van der Waals surface area contributed by atoms with E-state index in [1.54, 1.807) is 11.3 Å². The summed E-state index contributed by atoms with van der Waals surface area (Å²) in [7, 11) is 0. The Morgan fingerprint density at radius 2 is 2.21 bits per heavy atom. The van der Waals surface area contributed by atoms with Crippen LogP contribution >= 0.6 is 27.3 Å². The lowest BCUT2D eigenvalue weighted by molar-refractivity contribution is 0.0950. The zero-order valence-corrected chi connectivity index (χ0v) is 13.2. The van der Waals surface area contributed by atoms with E-state index in [9.17, 15) is 4.79 Å². The van der Waals surface area contributed by atoms with Crippen molar-refractivity contribution in [3.63, 3.8) is 0 Å². The third-order valence-corrected chi connectivity index (χ3v) is 5.41. The summed E-state index contributed by atoms with van der Waals surface area (Å²) in [6, 6.07) is 8.10. The van der Waals surface area contributed by atoms with Crippen molar-refractivity contribution in [3.05, 3.63) is 55.7 Å². The van der Waals surface area contributed by atoms with Crippen LogP contribution < -0.4 is 0 Å². The summed E-state index contributed by atoms with van der Waals surface area (Å²) in [5.41, 5.74) is 3.24. The van der Waals surface area contributed by atoms with E-state index in [1.807, 2.05) is 25.1 Å². The molecule has 1 aromatic heterocycles. The molecule has 0 aliphatic heterocycles. The van der Waals surface area contributed by atoms with Crippen molar-refractivity contribution >= 4 is 33.0 Å². The lowest BCUT2D eigenvalue weighted by Crippen LogP contribution is -2.17. The van der Waals surface area contributed by atoms with E-state index < -0.39 is 0 Å². The lowest BCUT2D eigenvalue weighted by Gasteiger charge is -2.22. The number of thiophene rings is 1. The van der Waals surface area contributed by atoms with Gasteiger partial charge < -0.3 is 0 Å². The zero-order valence-electron chi connectivity index (χ0n) is 10.8. The fourth-order valence-corrected chi connectivity index (χ4v) is 4.44. The minimum absolute atomic E-state index is 0.0500. The molecule has 0 radical (unpaired) electrons. The van der Waals surface area contributed by atoms with Crippen molar-refractivity contribution in [2.75, 3.05) is 0 Å². The Morgan fingerprint density at radius 1 is 1.37 bits per heavy atom. The molecule has 2 aromatic rings. The molecule has 0 spiro atoms. The number of hydrogen-bond acceptors (Lipinski definition) is 2. The van der Waals surface area contributed by atoms with Crippen LogP contribution in [0.1, 0.15) is 45.1 Å². The number of Topliss-reactive ketones (excluding diaryl/α,β-unsaturated/α-hetero) is 1. The molecular formula is C16H15BrOS. The molecule has 1 heterocycles. The van der Waals surface area contributed by atoms with Gasteiger partial charge in [0.25, 0.3) is 0 Å². The lowest BCUT2D eigenvalue weighted by atomic mass is 9.82. The second-order valence-electron chi connectivity index (χ2n) is 5.09. The predicted octanol–water partition coefficient (Wildman–Crippen LogP) is 5.12. The molecule has 0 N–H and O–H groups in total. The minimum Gasteiger partial charge on any atom is -0.293 e. The summed E-state index contributed by atoms with van der Waals surface area (Å²) in [4.78, 5) is 14.2. The molecule has 0 fully saturated rings. The van der Waals surface area contributed by atoms with Gasteiger partial charge in [-0.2, -0.15) is 0 Å². The molecule has 0 amide bonds. The third kappa shape index (κ3) is 2.41. The van der Waals surface area contributed by atoms with Gasteiger partial charge in [-0.25, -0.2) is 0 Å². The smallest absolute Gasteiger partial charge is 0.171 e. The van der Waals surface area contributed by atoms with Crippen LogP contribution in [0.15, 0.2) is 34.1 Å². The molecule has 1 aliphatic rings. The van der Waals surface area contributed by atoms with Gasteiger partial charge >= 0.3 is 0 Å². The summed E-state index contributed by atoms with van der Waals surface area (Å²) < 4.78 is 0.917. The van der Waals surface area contributed by atoms with Crippen LogP contribution in [0.25, 0.3) is 0 Å². The maximum absolute atomic E-state index is 12.8. The Bertz CT molecular complexity index is 629. The number of benzene rings is 1. The molecule has 98 valence electrons. The van der Waals surface area contributed by atoms with Crippen molar-refractivity contribution < 1.29 is 4.79 Å². The number of halogens is 1. The second-order valence-corrected chi connectivity index (χ2v) is 6.95. The van der Waals surface area contributed by atoms with E-state index in [1.165, 1.54) is 16.0 Å². The van der Waals surface area contributed by atoms with Crippen LogP contribution in [-0.4, -0.2) is 5.78 Å². The first-order valence-electron chi connectivity index (χ1n) is 6.53. The maximum atomic E-state index is 12.8. The minimum atomic E-state index is 0.0500. The first-order valence-corrected chi connectivity index (χ1v) is 8.20. The summed E-state index contributed by atoms with van der Waals surface area (Å²) >= 11 is 5.31. The quantitative estimate of drug-likeness (QED) is 0.696. The maximum Gasteiger partial charge on any atom is 0.171 e. The molecule has 0 saturated carbocycles. The summed E-state index contributed by atoms with van der Waals surface area (Å²) in [5.74, 6) is 0.306. The first-order chi connectivity index (χ1) is 9.16. The van der Waals surface area contributed by atoms with E-state index in [4.69, 9.17) is 0 Å². The predicted molar refractivity (Wildman–Crippen MR) is 83.2 cm³/mol. The van der Waals surface area contributed by atoms with Crippen molar-refractivity contribution in [1.29, 1.82) is 0 Å². The zero-order chi connectivity index (χ0) is 13.4. The van der Waals surface area contributed by atoms with Crippen molar-refractivity contribution in [2.45, 2.75) is 32.1 Å². The Kier molecular flexibility index (Phi) is 3.59. The Labute approximate surface area is 125 Å². The third-order valence-electron chi connectivity index (χ3n) is 3.76. The number of carbonyl (C=O) groups excluding carboxylic acids is 1. The molecule has 1 atom stereocenters. The topological polar surface area (TPSA) is 17.1 Å². The van der Waals surface area contributed by atoms with E-state index in [0.29, 0.717) is 0 Å². The van der Waals surface area contributed by atoms with Gasteiger partial charge in [-0.3, -0.25) is 4.79 Å². The fraction of sp³-hybridized carbons (Fsp3) is 0.312. The number of fused-ring (bicyclic) bond motifs is 1. The molecule has 0 saturated heterocycles. The van der Waals surface area contributed by atoms with Gasteiger partial charge in [0.2, 0.25) is 0 Å². The van der Waals surface area contributed by atoms with Crippen LogP contribution in [0.2, 0.25) is 0 Å². The van der Waals surface area contributed by atoms with E-state index >= 15 is 0 Å². The summed E-state index contributed by atoms with van der Waals surface area (Å²) in [6.07, 6.45) is 3.22. The van der Waals surface area contributed by atoms with Crippen molar-refractivity contribution in [2.24, 2.45) is 0 Å². The van der Waals surface area contributed by atoms with Crippen LogP contribution in [0.5, 0.6) is 0 Å². The number of hydrogen-bond donors (Lipinski definition) is 0. The normalized spacial score (nSPS) is 18.1. The molecule has 1 nitrogen and oxygen atoms in total. The van der Waals surface area contributed by atoms with Gasteiger partial charge in [-0.15, -0.1) is 11.3 Å². The number of aryl methyl sites for hydroxylation is 2. The molecule has 1 aromatic carbocycles. The van der Waals surface area contributed by atoms with E-state index in [-0.39, 0.29) is 11.7 Å².